The van der Waals surface area contributed by atoms with Crippen molar-refractivity contribution in [3.63, 3.8) is 0 Å². The van der Waals surface area contributed by atoms with Crippen LogP contribution in [0.3, 0.4) is 0 Å². The van der Waals surface area contributed by atoms with Crippen LogP contribution in [0, 0.1) is 6.92 Å². The minimum Gasteiger partial charge on any atom is -0.328 e. The topological polar surface area (TPSA) is 52.0 Å². The van der Waals surface area contributed by atoms with E-state index in [1.807, 2.05) is 19.1 Å². The fraction of sp³-hybridized carbons (Fsp3) is 0.500. The maximum atomic E-state index is 6.09. The van der Waals surface area contributed by atoms with E-state index >= 15 is 0 Å². The predicted molar refractivity (Wildman–Crippen MR) is 61.0 cm³/mol. The first-order valence-corrected chi connectivity index (χ1v) is 5.18. The molecule has 0 aliphatic rings. The van der Waals surface area contributed by atoms with Gasteiger partial charge >= 0.3 is 0 Å². The first kappa shape index (κ1) is 11.2. The monoisotopic (exact) mass is 192 g/mol. The summed E-state index contributed by atoms with van der Waals surface area (Å²) in [7, 11) is 0. The molecular weight excluding hydrogens is 172 g/mol. The van der Waals surface area contributed by atoms with Crippen LogP contribution in [0.1, 0.15) is 36.9 Å². The van der Waals surface area contributed by atoms with Crippen molar-refractivity contribution >= 4 is 0 Å². The molecule has 0 saturated carbocycles. The molecule has 1 aromatic rings. The highest BCUT2D eigenvalue weighted by molar-refractivity contribution is 5.28. The third-order valence-corrected chi connectivity index (χ3v) is 2.52. The number of rotatable bonds is 4. The van der Waals surface area contributed by atoms with E-state index in [1.165, 1.54) is 11.1 Å². The Kier molecular flexibility index (Phi) is 4.11. The zero-order chi connectivity index (χ0) is 10.6. The summed E-state index contributed by atoms with van der Waals surface area (Å²) in [5.74, 6) is 0. The Balaban J connectivity index is 2.60. The molecule has 4 N–H and O–H groups in total. The number of hydrogen-bond acceptors (Lipinski definition) is 2. The van der Waals surface area contributed by atoms with Gasteiger partial charge in [-0.1, -0.05) is 24.3 Å². The first-order valence-electron chi connectivity index (χ1n) is 5.18. The summed E-state index contributed by atoms with van der Waals surface area (Å²) >= 11 is 0. The van der Waals surface area contributed by atoms with Crippen molar-refractivity contribution in [2.24, 2.45) is 11.5 Å². The van der Waals surface area contributed by atoms with Crippen LogP contribution in [-0.2, 0) is 0 Å². The molecule has 0 saturated heterocycles. The fourth-order valence-corrected chi connectivity index (χ4v) is 1.60. The SMILES string of the molecule is Cc1ccccc1C(N)CCC(C)N. The molecule has 0 amide bonds. The molecule has 0 aromatic heterocycles. The van der Waals surface area contributed by atoms with Crippen LogP contribution in [0.2, 0.25) is 0 Å². The van der Waals surface area contributed by atoms with Crippen LogP contribution >= 0.6 is 0 Å². The van der Waals surface area contributed by atoms with Gasteiger partial charge in [0.05, 0.1) is 0 Å². The smallest absolute Gasteiger partial charge is 0.0298 e. The molecule has 1 aromatic carbocycles. The summed E-state index contributed by atoms with van der Waals surface area (Å²) in [6.45, 7) is 4.12. The van der Waals surface area contributed by atoms with Gasteiger partial charge in [0.15, 0.2) is 0 Å². The lowest BCUT2D eigenvalue weighted by atomic mass is 9.97. The highest BCUT2D eigenvalue weighted by Gasteiger charge is 2.08. The molecule has 2 atom stereocenters. The number of benzene rings is 1. The van der Waals surface area contributed by atoms with Crippen molar-refractivity contribution in [3.8, 4) is 0 Å². The molecule has 2 unspecified atom stereocenters. The molecule has 0 aliphatic carbocycles. The van der Waals surface area contributed by atoms with Crippen LogP contribution in [0.25, 0.3) is 0 Å². The summed E-state index contributed by atoms with van der Waals surface area (Å²) in [5.41, 5.74) is 14.3. The Morgan fingerprint density at radius 3 is 2.36 bits per heavy atom. The molecule has 2 heteroatoms. The lowest BCUT2D eigenvalue weighted by Gasteiger charge is -2.15. The third kappa shape index (κ3) is 3.13. The van der Waals surface area contributed by atoms with Crippen LogP contribution in [0.5, 0.6) is 0 Å². The highest BCUT2D eigenvalue weighted by Crippen LogP contribution is 2.19. The van der Waals surface area contributed by atoms with Gasteiger partial charge in [-0.3, -0.25) is 0 Å². The van der Waals surface area contributed by atoms with Gasteiger partial charge in [0.25, 0.3) is 0 Å². The second kappa shape index (κ2) is 5.13. The second-order valence-corrected chi connectivity index (χ2v) is 4.02. The molecule has 0 radical (unpaired) electrons. The number of aryl methyl sites for hydroxylation is 1. The average molecular weight is 192 g/mol. The van der Waals surface area contributed by atoms with Gasteiger partial charge in [-0.05, 0) is 37.8 Å². The minimum atomic E-state index is 0.127. The maximum Gasteiger partial charge on any atom is 0.0298 e. The zero-order valence-corrected chi connectivity index (χ0v) is 9.03. The molecule has 0 bridgehead atoms. The normalized spacial score (nSPS) is 15.1. The first-order chi connectivity index (χ1) is 6.61. The van der Waals surface area contributed by atoms with Crippen LogP contribution in [0.4, 0.5) is 0 Å². The summed E-state index contributed by atoms with van der Waals surface area (Å²) in [6, 6.07) is 8.64. The van der Waals surface area contributed by atoms with Gasteiger partial charge in [0.1, 0.15) is 0 Å². The van der Waals surface area contributed by atoms with E-state index in [0.717, 1.165) is 12.8 Å². The van der Waals surface area contributed by atoms with E-state index in [-0.39, 0.29) is 12.1 Å². The highest BCUT2D eigenvalue weighted by atomic mass is 14.6. The largest absolute Gasteiger partial charge is 0.328 e. The van der Waals surface area contributed by atoms with Crippen molar-refractivity contribution < 1.29 is 0 Å². The van der Waals surface area contributed by atoms with E-state index in [4.69, 9.17) is 11.5 Å². The number of hydrogen-bond donors (Lipinski definition) is 2. The van der Waals surface area contributed by atoms with Crippen molar-refractivity contribution in [2.45, 2.75) is 38.8 Å². The third-order valence-electron chi connectivity index (χ3n) is 2.52. The quantitative estimate of drug-likeness (QED) is 0.767. The fourth-order valence-electron chi connectivity index (χ4n) is 1.60. The summed E-state index contributed by atoms with van der Waals surface area (Å²) < 4.78 is 0. The summed E-state index contributed by atoms with van der Waals surface area (Å²) in [6.07, 6.45) is 1.94. The summed E-state index contributed by atoms with van der Waals surface area (Å²) in [4.78, 5) is 0. The average Bonchev–Trinajstić information content (AvgIpc) is 2.15. The predicted octanol–water partition coefficient (Wildman–Crippen LogP) is 2.12. The lowest BCUT2D eigenvalue weighted by Crippen LogP contribution is -2.19. The van der Waals surface area contributed by atoms with Crippen LogP contribution < -0.4 is 11.5 Å². The molecule has 2 nitrogen and oxygen atoms in total. The van der Waals surface area contributed by atoms with Gasteiger partial charge in [0, 0.05) is 12.1 Å². The van der Waals surface area contributed by atoms with Gasteiger partial charge in [-0.25, -0.2) is 0 Å². The Hall–Kier alpha value is -0.860. The molecule has 14 heavy (non-hydrogen) atoms. The van der Waals surface area contributed by atoms with Crippen molar-refractivity contribution in [2.75, 3.05) is 0 Å². The molecule has 78 valence electrons. The number of nitrogens with two attached hydrogens (primary N) is 2. The van der Waals surface area contributed by atoms with Gasteiger partial charge in [0.2, 0.25) is 0 Å². The minimum absolute atomic E-state index is 0.127. The van der Waals surface area contributed by atoms with Gasteiger partial charge in [-0.2, -0.15) is 0 Å². The Morgan fingerprint density at radius 1 is 1.14 bits per heavy atom. The Morgan fingerprint density at radius 2 is 1.79 bits per heavy atom. The molecule has 0 spiro atoms. The Labute approximate surface area is 86.3 Å². The van der Waals surface area contributed by atoms with E-state index < -0.39 is 0 Å². The molecular formula is C12H20N2. The van der Waals surface area contributed by atoms with Crippen molar-refractivity contribution in [1.29, 1.82) is 0 Å². The molecule has 0 aliphatic heterocycles. The summed E-state index contributed by atoms with van der Waals surface area (Å²) in [5, 5.41) is 0. The van der Waals surface area contributed by atoms with E-state index in [2.05, 4.69) is 19.1 Å². The van der Waals surface area contributed by atoms with Crippen molar-refractivity contribution in [1.82, 2.24) is 0 Å². The standard InChI is InChI=1S/C12H20N2/c1-9-5-3-4-6-11(9)12(14)8-7-10(2)13/h3-6,10,12H,7-8,13-14H2,1-2H3. The maximum absolute atomic E-state index is 6.09. The zero-order valence-electron chi connectivity index (χ0n) is 9.03. The van der Waals surface area contributed by atoms with E-state index in [9.17, 15) is 0 Å². The second-order valence-electron chi connectivity index (χ2n) is 4.02. The van der Waals surface area contributed by atoms with Crippen LogP contribution in [-0.4, -0.2) is 6.04 Å². The lowest BCUT2D eigenvalue weighted by molar-refractivity contribution is 0.553. The van der Waals surface area contributed by atoms with Crippen LogP contribution in [0.15, 0.2) is 24.3 Å². The Bertz CT molecular complexity index is 281. The van der Waals surface area contributed by atoms with E-state index in [1.54, 1.807) is 0 Å². The molecule has 1 rings (SSSR count). The van der Waals surface area contributed by atoms with Gasteiger partial charge in [-0.15, -0.1) is 0 Å². The van der Waals surface area contributed by atoms with E-state index in [0.29, 0.717) is 0 Å². The molecule has 0 heterocycles. The van der Waals surface area contributed by atoms with Crippen molar-refractivity contribution in [3.05, 3.63) is 35.4 Å². The molecule has 0 fully saturated rings. The van der Waals surface area contributed by atoms with Gasteiger partial charge < -0.3 is 11.5 Å².